The van der Waals surface area contributed by atoms with Gasteiger partial charge in [-0.05, 0) is 25.0 Å². The van der Waals surface area contributed by atoms with Crippen molar-refractivity contribution < 1.29 is 4.74 Å². The number of hydrogen-bond donors (Lipinski definition) is 1. The van der Waals surface area contributed by atoms with E-state index in [2.05, 4.69) is 19.6 Å². The third kappa shape index (κ3) is 3.82. The maximum Gasteiger partial charge on any atom is 0.0530 e. The van der Waals surface area contributed by atoms with Crippen molar-refractivity contribution in [1.82, 2.24) is 0 Å². The molecule has 84 valence electrons. The highest BCUT2D eigenvalue weighted by Crippen LogP contribution is 2.36. The second-order valence-corrected chi connectivity index (χ2v) is 4.94. The van der Waals surface area contributed by atoms with Crippen LogP contribution in [-0.4, -0.2) is 19.0 Å². The maximum absolute atomic E-state index is 5.72. The summed E-state index contributed by atoms with van der Waals surface area (Å²) in [5, 5.41) is 0. The van der Waals surface area contributed by atoms with Gasteiger partial charge < -0.3 is 4.74 Å². The van der Waals surface area contributed by atoms with Crippen molar-refractivity contribution in [2.45, 2.75) is 51.9 Å². The van der Waals surface area contributed by atoms with E-state index in [1.165, 1.54) is 38.5 Å². The van der Waals surface area contributed by atoms with Gasteiger partial charge in [-0.1, -0.05) is 32.6 Å². The molecule has 1 aliphatic carbocycles. The largest absolute Gasteiger partial charge is 0.381 e. The van der Waals surface area contributed by atoms with Crippen molar-refractivity contribution in [1.29, 1.82) is 0 Å². The second-order valence-electron chi connectivity index (χ2n) is 4.62. The molecule has 0 amide bonds. The van der Waals surface area contributed by atoms with E-state index in [-0.39, 0.29) is 0 Å². The van der Waals surface area contributed by atoms with Crippen LogP contribution in [-0.2, 0) is 4.74 Å². The molecular formula is C12H24OS. The minimum absolute atomic E-state index is 0.398. The Kier molecular flexibility index (Phi) is 5.95. The zero-order valence-corrected chi connectivity index (χ0v) is 10.3. The van der Waals surface area contributed by atoms with Crippen molar-refractivity contribution in [3.8, 4) is 0 Å². The van der Waals surface area contributed by atoms with E-state index in [0.717, 1.165) is 25.4 Å². The van der Waals surface area contributed by atoms with Crippen LogP contribution in [0, 0.1) is 5.41 Å². The molecule has 0 atom stereocenters. The molecule has 0 spiro atoms. The van der Waals surface area contributed by atoms with Gasteiger partial charge in [0.1, 0.15) is 0 Å². The number of rotatable bonds is 5. The molecule has 0 N–H and O–H groups in total. The quantitative estimate of drug-likeness (QED) is 0.419. The first-order valence-electron chi connectivity index (χ1n) is 6.01. The Morgan fingerprint density at radius 1 is 1.14 bits per heavy atom. The standard InChI is InChI=1S/C12H24OS/c1-2-9-13-10-12(11-14)7-5-3-4-6-8-12/h14H,2-11H2,1H3. The summed E-state index contributed by atoms with van der Waals surface area (Å²) in [5.41, 5.74) is 0.398. The van der Waals surface area contributed by atoms with Crippen LogP contribution in [0.4, 0.5) is 0 Å². The Labute approximate surface area is 94.0 Å². The van der Waals surface area contributed by atoms with Crippen LogP contribution < -0.4 is 0 Å². The van der Waals surface area contributed by atoms with Gasteiger partial charge in [0.15, 0.2) is 0 Å². The molecule has 0 aliphatic heterocycles. The molecule has 0 radical (unpaired) electrons. The summed E-state index contributed by atoms with van der Waals surface area (Å²) >= 11 is 4.52. The summed E-state index contributed by atoms with van der Waals surface area (Å²) in [6.45, 7) is 4.01. The summed E-state index contributed by atoms with van der Waals surface area (Å²) in [5.74, 6) is 0.997. The summed E-state index contributed by atoms with van der Waals surface area (Å²) in [4.78, 5) is 0. The molecule has 0 aromatic rings. The van der Waals surface area contributed by atoms with Crippen molar-refractivity contribution in [3.05, 3.63) is 0 Å². The fraction of sp³-hybridized carbons (Fsp3) is 1.00. The van der Waals surface area contributed by atoms with Gasteiger partial charge in [-0.3, -0.25) is 0 Å². The highest BCUT2D eigenvalue weighted by molar-refractivity contribution is 7.80. The fourth-order valence-electron chi connectivity index (χ4n) is 2.26. The Morgan fingerprint density at radius 2 is 1.79 bits per heavy atom. The minimum Gasteiger partial charge on any atom is -0.381 e. The normalized spacial score (nSPS) is 21.9. The Morgan fingerprint density at radius 3 is 2.29 bits per heavy atom. The van der Waals surface area contributed by atoms with E-state index in [9.17, 15) is 0 Å². The second kappa shape index (κ2) is 6.73. The Bertz CT molecular complexity index is 139. The first kappa shape index (κ1) is 12.4. The van der Waals surface area contributed by atoms with E-state index in [4.69, 9.17) is 4.74 Å². The van der Waals surface area contributed by atoms with Gasteiger partial charge in [0.25, 0.3) is 0 Å². The number of hydrogen-bond acceptors (Lipinski definition) is 2. The lowest BCUT2D eigenvalue weighted by Gasteiger charge is -2.30. The summed E-state index contributed by atoms with van der Waals surface area (Å²) in [6, 6.07) is 0. The van der Waals surface area contributed by atoms with E-state index >= 15 is 0 Å². The predicted molar refractivity (Wildman–Crippen MR) is 65.1 cm³/mol. The van der Waals surface area contributed by atoms with Gasteiger partial charge in [0.2, 0.25) is 0 Å². The molecule has 1 nitrogen and oxygen atoms in total. The van der Waals surface area contributed by atoms with E-state index in [1.54, 1.807) is 0 Å². The third-order valence-corrected chi connectivity index (χ3v) is 3.93. The van der Waals surface area contributed by atoms with Crippen LogP contribution in [0.1, 0.15) is 51.9 Å². The molecule has 0 unspecified atom stereocenters. The SMILES string of the molecule is CCCOCC1(CS)CCCCCC1. The van der Waals surface area contributed by atoms with Crippen molar-refractivity contribution in [2.75, 3.05) is 19.0 Å². The van der Waals surface area contributed by atoms with Crippen LogP contribution in [0.3, 0.4) is 0 Å². The van der Waals surface area contributed by atoms with Gasteiger partial charge in [-0.15, -0.1) is 0 Å². The van der Waals surface area contributed by atoms with Crippen LogP contribution >= 0.6 is 12.6 Å². The van der Waals surface area contributed by atoms with Crippen molar-refractivity contribution >= 4 is 12.6 Å². The van der Waals surface area contributed by atoms with Gasteiger partial charge in [0.05, 0.1) is 6.61 Å². The number of ether oxygens (including phenoxy) is 1. The summed E-state index contributed by atoms with van der Waals surface area (Å²) in [7, 11) is 0. The molecule has 0 aromatic carbocycles. The number of thiol groups is 1. The minimum atomic E-state index is 0.398. The van der Waals surface area contributed by atoms with Gasteiger partial charge in [0, 0.05) is 12.0 Å². The zero-order chi connectivity index (χ0) is 10.3. The lowest BCUT2D eigenvalue weighted by atomic mass is 9.83. The first-order valence-corrected chi connectivity index (χ1v) is 6.65. The van der Waals surface area contributed by atoms with Gasteiger partial charge in [-0.25, -0.2) is 0 Å². The molecule has 1 fully saturated rings. The topological polar surface area (TPSA) is 9.23 Å². The Hall–Kier alpha value is 0.310. The first-order chi connectivity index (χ1) is 6.83. The molecule has 0 aromatic heterocycles. The molecule has 1 rings (SSSR count). The lowest BCUT2D eigenvalue weighted by molar-refractivity contribution is 0.0475. The molecule has 14 heavy (non-hydrogen) atoms. The molecular weight excluding hydrogens is 192 g/mol. The highest BCUT2D eigenvalue weighted by Gasteiger charge is 2.29. The zero-order valence-electron chi connectivity index (χ0n) is 9.43. The van der Waals surface area contributed by atoms with Gasteiger partial charge >= 0.3 is 0 Å². The van der Waals surface area contributed by atoms with Crippen LogP contribution in [0.2, 0.25) is 0 Å². The van der Waals surface area contributed by atoms with Crippen LogP contribution in [0.15, 0.2) is 0 Å². The summed E-state index contributed by atoms with van der Waals surface area (Å²) < 4.78 is 5.72. The molecule has 0 saturated heterocycles. The fourth-order valence-corrected chi connectivity index (χ4v) is 2.67. The monoisotopic (exact) mass is 216 g/mol. The third-order valence-electron chi connectivity index (χ3n) is 3.26. The molecule has 0 heterocycles. The molecule has 1 aliphatic rings. The average Bonchev–Trinajstić information content (AvgIpc) is 2.45. The lowest BCUT2D eigenvalue weighted by Crippen LogP contribution is -2.28. The summed E-state index contributed by atoms with van der Waals surface area (Å²) in [6.07, 6.45) is 9.32. The average molecular weight is 216 g/mol. The molecule has 2 heteroatoms. The smallest absolute Gasteiger partial charge is 0.0530 e. The van der Waals surface area contributed by atoms with E-state index in [0.29, 0.717) is 5.41 Å². The highest BCUT2D eigenvalue weighted by atomic mass is 32.1. The molecule has 1 saturated carbocycles. The van der Waals surface area contributed by atoms with Crippen molar-refractivity contribution in [3.63, 3.8) is 0 Å². The predicted octanol–water partition coefficient (Wildman–Crippen LogP) is 3.68. The van der Waals surface area contributed by atoms with E-state index in [1.807, 2.05) is 0 Å². The van der Waals surface area contributed by atoms with Gasteiger partial charge in [-0.2, -0.15) is 12.6 Å². The Balaban J connectivity index is 2.37. The van der Waals surface area contributed by atoms with E-state index < -0.39 is 0 Å². The van der Waals surface area contributed by atoms with Crippen LogP contribution in [0.25, 0.3) is 0 Å². The van der Waals surface area contributed by atoms with Crippen LogP contribution in [0.5, 0.6) is 0 Å². The molecule has 0 bridgehead atoms. The van der Waals surface area contributed by atoms with Crippen molar-refractivity contribution in [2.24, 2.45) is 5.41 Å². The maximum atomic E-state index is 5.72.